The molecule has 1 amide bonds. The standard InChI is InChI=1S/C22H29NO3/c1-22(2,3)26-21(25)23-15-14-20(24)19-11-7-10-18(16-19)13-12-17-8-5-4-6-9-17/h4-11,16,20,24H,12-15H2,1-3H3,(H,23,25). The number of benzene rings is 2. The van der Waals surface area contributed by atoms with Crippen molar-refractivity contribution in [2.24, 2.45) is 0 Å². The number of ether oxygens (including phenoxy) is 1. The fraction of sp³-hybridized carbons (Fsp3) is 0.409. The number of hydrogen-bond donors (Lipinski definition) is 2. The first-order valence-electron chi connectivity index (χ1n) is 9.11. The highest BCUT2D eigenvalue weighted by Crippen LogP contribution is 2.18. The Hall–Kier alpha value is -2.33. The van der Waals surface area contributed by atoms with Crippen LogP contribution >= 0.6 is 0 Å². The fourth-order valence-electron chi connectivity index (χ4n) is 2.68. The van der Waals surface area contributed by atoms with Crippen molar-refractivity contribution in [3.63, 3.8) is 0 Å². The summed E-state index contributed by atoms with van der Waals surface area (Å²) < 4.78 is 5.19. The van der Waals surface area contributed by atoms with Gasteiger partial charge in [0.05, 0.1) is 6.10 Å². The van der Waals surface area contributed by atoms with E-state index in [1.807, 2.05) is 57.2 Å². The lowest BCUT2D eigenvalue weighted by atomic mass is 9.99. The van der Waals surface area contributed by atoms with Gasteiger partial charge in [0, 0.05) is 6.54 Å². The zero-order valence-corrected chi connectivity index (χ0v) is 15.9. The number of alkyl carbamates (subject to hydrolysis) is 1. The Morgan fingerprint density at radius 2 is 1.69 bits per heavy atom. The van der Waals surface area contributed by atoms with Crippen LogP contribution < -0.4 is 5.32 Å². The van der Waals surface area contributed by atoms with Gasteiger partial charge in [-0.2, -0.15) is 0 Å². The molecule has 0 fully saturated rings. The van der Waals surface area contributed by atoms with Crippen LogP contribution in [0.3, 0.4) is 0 Å². The first-order valence-corrected chi connectivity index (χ1v) is 9.11. The van der Waals surface area contributed by atoms with Crippen molar-refractivity contribution in [1.29, 1.82) is 0 Å². The predicted molar refractivity (Wildman–Crippen MR) is 104 cm³/mol. The van der Waals surface area contributed by atoms with E-state index in [0.717, 1.165) is 18.4 Å². The molecule has 2 N–H and O–H groups in total. The third kappa shape index (κ3) is 7.28. The molecule has 0 aliphatic rings. The maximum absolute atomic E-state index is 11.6. The summed E-state index contributed by atoms with van der Waals surface area (Å²) >= 11 is 0. The number of hydrogen-bond acceptors (Lipinski definition) is 3. The van der Waals surface area contributed by atoms with E-state index in [-0.39, 0.29) is 0 Å². The van der Waals surface area contributed by atoms with E-state index in [1.54, 1.807) is 0 Å². The Bertz CT molecular complexity index is 692. The number of nitrogens with one attached hydrogen (secondary N) is 1. The summed E-state index contributed by atoms with van der Waals surface area (Å²) in [6.07, 6.45) is 1.28. The highest BCUT2D eigenvalue weighted by Gasteiger charge is 2.16. The summed E-state index contributed by atoms with van der Waals surface area (Å²) in [6.45, 7) is 5.83. The number of aliphatic hydroxyl groups excluding tert-OH is 1. The van der Waals surface area contributed by atoms with Crippen LogP contribution in [-0.4, -0.2) is 23.3 Å². The Morgan fingerprint density at radius 3 is 2.38 bits per heavy atom. The minimum Gasteiger partial charge on any atom is -0.444 e. The maximum atomic E-state index is 11.6. The summed E-state index contributed by atoms with van der Waals surface area (Å²) in [5, 5.41) is 13.1. The van der Waals surface area contributed by atoms with Crippen LogP contribution in [0.25, 0.3) is 0 Å². The molecule has 140 valence electrons. The maximum Gasteiger partial charge on any atom is 0.407 e. The minimum atomic E-state index is -0.610. The number of carbonyl (C=O) groups excluding carboxylic acids is 1. The van der Waals surface area contributed by atoms with Gasteiger partial charge in [-0.1, -0.05) is 54.6 Å². The van der Waals surface area contributed by atoms with E-state index in [9.17, 15) is 9.90 Å². The van der Waals surface area contributed by atoms with Gasteiger partial charge in [-0.15, -0.1) is 0 Å². The Morgan fingerprint density at radius 1 is 1.04 bits per heavy atom. The average molecular weight is 355 g/mol. The fourth-order valence-corrected chi connectivity index (χ4v) is 2.68. The molecule has 0 radical (unpaired) electrons. The third-order valence-corrected chi connectivity index (χ3v) is 3.97. The summed E-state index contributed by atoms with van der Waals surface area (Å²) in [7, 11) is 0. The van der Waals surface area contributed by atoms with Crippen LogP contribution in [0.4, 0.5) is 4.79 Å². The van der Waals surface area contributed by atoms with Gasteiger partial charge in [0.2, 0.25) is 0 Å². The SMILES string of the molecule is CC(C)(C)OC(=O)NCCC(O)c1cccc(CCc2ccccc2)c1. The van der Waals surface area contributed by atoms with Gasteiger partial charge in [0.25, 0.3) is 0 Å². The number of aryl methyl sites for hydroxylation is 2. The Labute approximate surface area is 156 Å². The van der Waals surface area contributed by atoms with Crippen LogP contribution in [0.15, 0.2) is 54.6 Å². The van der Waals surface area contributed by atoms with Crippen molar-refractivity contribution < 1.29 is 14.6 Å². The van der Waals surface area contributed by atoms with Crippen LogP contribution in [0.2, 0.25) is 0 Å². The van der Waals surface area contributed by atoms with Gasteiger partial charge in [0.1, 0.15) is 5.60 Å². The molecule has 0 aliphatic carbocycles. The van der Waals surface area contributed by atoms with Crippen molar-refractivity contribution in [3.05, 3.63) is 71.3 Å². The van der Waals surface area contributed by atoms with Crippen LogP contribution in [0.5, 0.6) is 0 Å². The topological polar surface area (TPSA) is 58.6 Å². The molecule has 0 bridgehead atoms. The molecule has 0 aliphatic heterocycles. The van der Waals surface area contributed by atoms with Gasteiger partial charge < -0.3 is 15.2 Å². The van der Waals surface area contributed by atoms with E-state index < -0.39 is 17.8 Å². The first kappa shape index (κ1) is 20.0. The van der Waals surface area contributed by atoms with Crippen molar-refractivity contribution in [2.75, 3.05) is 6.54 Å². The van der Waals surface area contributed by atoms with Crippen LogP contribution in [0, 0.1) is 0 Å². The predicted octanol–water partition coefficient (Wildman–Crippen LogP) is 4.42. The van der Waals surface area contributed by atoms with Crippen molar-refractivity contribution in [2.45, 2.75) is 51.7 Å². The molecule has 4 heteroatoms. The number of amides is 1. The first-order chi connectivity index (χ1) is 12.3. The molecule has 2 rings (SSSR count). The summed E-state index contributed by atoms with van der Waals surface area (Å²) in [6, 6.07) is 18.4. The molecular weight excluding hydrogens is 326 g/mol. The minimum absolute atomic E-state index is 0.365. The molecule has 26 heavy (non-hydrogen) atoms. The van der Waals surface area contributed by atoms with Gasteiger partial charge in [-0.05, 0) is 56.7 Å². The average Bonchev–Trinajstić information content (AvgIpc) is 2.59. The highest BCUT2D eigenvalue weighted by atomic mass is 16.6. The van der Waals surface area contributed by atoms with Crippen LogP contribution in [-0.2, 0) is 17.6 Å². The molecule has 1 unspecified atom stereocenters. The zero-order chi connectivity index (χ0) is 19.0. The summed E-state index contributed by atoms with van der Waals surface area (Å²) in [4.78, 5) is 11.6. The van der Waals surface area contributed by atoms with Crippen molar-refractivity contribution >= 4 is 6.09 Å². The third-order valence-electron chi connectivity index (χ3n) is 3.97. The monoisotopic (exact) mass is 355 g/mol. The molecule has 0 saturated heterocycles. The van der Waals surface area contributed by atoms with Crippen molar-refractivity contribution in [3.8, 4) is 0 Å². The van der Waals surface area contributed by atoms with Gasteiger partial charge >= 0.3 is 6.09 Å². The molecule has 0 aromatic heterocycles. The number of carbonyl (C=O) groups is 1. The lowest BCUT2D eigenvalue weighted by molar-refractivity contribution is 0.0518. The smallest absolute Gasteiger partial charge is 0.407 e. The quantitative estimate of drug-likeness (QED) is 0.773. The van der Waals surface area contributed by atoms with E-state index in [4.69, 9.17) is 4.74 Å². The normalized spacial score (nSPS) is 12.5. The van der Waals surface area contributed by atoms with Crippen molar-refractivity contribution in [1.82, 2.24) is 5.32 Å². The van der Waals surface area contributed by atoms with Crippen LogP contribution in [0.1, 0.15) is 50.0 Å². The molecule has 4 nitrogen and oxygen atoms in total. The van der Waals surface area contributed by atoms with Gasteiger partial charge in [-0.25, -0.2) is 4.79 Å². The summed E-state index contributed by atoms with van der Waals surface area (Å²) in [5.74, 6) is 0. The number of rotatable bonds is 7. The summed E-state index contributed by atoms with van der Waals surface area (Å²) in [5.41, 5.74) is 2.86. The van der Waals surface area contributed by atoms with E-state index in [0.29, 0.717) is 13.0 Å². The molecule has 2 aromatic carbocycles. The Balaban J connectivity index is 1.81. The molecule has 0 saturated carbocycles. The van der Waals surface area contributed by atoms with Gasteiger partial charge in [0.15, 0.2) is 0 Å². The lowest BCUT2D eigenvalue weighted by Crippen LogP contribution is -2.33. The largest absolute Gasteiger partial charge is 0.444 e. The second-order valence-electron chi connectivity index (χ2n) is 7.46. The van der Waals surface area contributed by atoms with E-state index in [2.05, 4.69) is 23.5 Å². The Kier molecular flexibility index (Phi) is 7.22. The van der Waals surface area contributed by atoms with E-state index in [1.165, 1.54) is 11.1 Å². The molecule has 1 atom stereocenters. The zero-order valence-electron chi connectivity index (χ0n) is 15.9. The number of aliphatic hydroxyl groups is 1. The second kappa shape index (κ2) is 9.39. The molecule has 0 heterocycles. The molecular formula is C22H29NO3. The lowest BCUT2D eigenvalue weighted by Gasteiger charge is -2.20. The van der Waals surface area contributed by atoms with E-state index >= 15 is 0 Å². The molecule has 0 spiro atoms. The highest BCUT2D eigenvalue weighted by molar-refractivity contribution is 5.67. The second-order valence-corrected chi connectivity index (χ2v) is 7.46. The molecule has 2 aromatic rings. The van der Waals surface area contributed by atoms with Gasteiger partial charge in [-0.3, -0.25) is 0 Å².